The van der Waals surface area contributed by atoms with Crippen LogP contribution in [0.2, 0.25) is 0 Å². The molecule has 2 heterocycles. The molecule has 1 aromatic rings. The van der Waals surface area contributed by atoms with E-state index in [-0.39, 0.29) is 11.9 Å². The molecule has 0 aliphatic carbocycles. The van der Waals surface area contributed by atoms with E-state index in [0.717, 1.165) is 55.8 Å². The van der Waals surface area contributed by atoms with Gasteiger partial charge in [0.1, 0.15) is 0 Å². The lowest BCUT2D eigenvalue weighted by Crippen LogP contribution is -2.48. The summed E-state index contributed by atoms with van der Waals surface area (Å²) in [5.74, 6) is 1.75. The Balaban J connectivity index is 1.64. The maximum Gasteiger partial charge on any atom is 0.239 e. The largest absolute Gasteiger partial charge is 0.493 e. The van der Waals surface area contributed by atoms with Crippen molar-refractivity contribution in [3.8, 4) is 11.5 Å². The predicted octanol–water partition coefficient (Wildman–Crippen LogP) is 1.99. The van der Waals surface area contributed by atoms with E-state index in [4.69, 9.17) is 9.47 Å². The van der Waals surface area contributed by atoms with Crippen LogP contribution in [0.15, 0.2) is 18.2 Å². The van der Waals surface area contributed by atoms with Gasteiger partial charge in [-0.3, -0.25) is 4.79 Å². The highest BCUT2D eigenvalue weighted by atomic mass is 16.5. The second-order valence-corrected chi connectivity index (χ2v) is 6.40. The molecule has 2 saturated heterocycles. The molecule has 0 saturated carbocycles. The zero-order valence-electron chi connectivity index (χ0n) is 14.0. The first kappa shape index (κ1) is 16.1. The molecule has 5 heteroatoms. The van der Waals surface area contributed by atoms with Crippen molar-refractivity contribution in [1.29, 1.82) is 0 Å². The van der Waals surface area contributed by atoms with Gasteiger partial charge in [-0.15, -0.1) is 0 Å². The van der Waals surface area contributed by atoms with E-state index in [2.05, 4.69) is 5.32 Å². The number of benzene rings is 1. The van der Waals surface area contributed by atoms with Crippen molar-refractivity contribution >= 4 is 5.91 Å². The van der Waals surface area contributed by atoms with Crippen LogP contribution in [0.25, 0.3) is 0 Å². The molecule has 2 fully saturated rings. The molecule has 2 aliphatic heterocycles. The molecular weight excluding hydrogens is 292 g/mol. The van der Waals surface area contributed by atoms with Crippen molar-refractivity contribution in [2.24, 2.45) is 0 Å². The van der Waals surface area contributed by atoms with Crippen LogP contribution < -0.4 is 14.8 Å². The number of ether oxygens (including phenoxy) is 2. The highest BCUT2D eigenvalue weighted by Crippen LogP contribution is 2.28. The third kappa shape index (κ3) is 3.61. The Bertz CT molecular complexity index is 561. The number of fused-ring (bicyclic) bond motifs is 2. The summed E-state index contributed by atoms with van der Waals surface area (Å²) in [5.41, 5.74) is 1.16. The summed E-state index contributed by atoms with van der Waals surface area (Å²) < 4.78 is 10.6. The average molecular weight is 318 g/mol. The normalized spacial score (nSPS) is 24.3. The van der Waals surface area contributed by atoms with Gasteiger partial charge in [0.15, 0.2) is 11.5 Å². The van der Waals surface area contributed by atoms with Gasteiger partial charge < -0.3 is 19.7 Å². The van der Waals surface area contributed by atoms with Crippen molar-refractivity contribution in [2.45, 2.75) is 44.2 Å². The van der Waals surface area contributed by atoms with Gasteiger partial charge in [-0.1, -0.05) is 6.07 Å². The minimum atomic E-state index is 0.0293. The monoisotopic (exact) mass is 318 g/mol. The maximum atomic E-state index is 12.6. The number of nitrogens with zero attached hydrogens (tertiary/aromatic N) is 1. The molecule has 2 atom stereocenters. The van der Waals surface area contributed by atoms with Crippen molar-refractivity contribution in [3.63, 3.8) is 0 Å². The molecule has 2 aliphatic rings. The van der Waals surface area contributed by atoms with Crippen LogP contribution in [0, 0.1) is 0 Å². The topological polar surface area (TPSA) is 50.8 Å². The molecule has 126 valence electrons. The molecule has 5 nitrogen and oxygen atoms in total. The molecule has 3 rings (SSSR count). The molecule has 0 spiro atoms. The van der Waals surface area contributed by atoms with Crippen LogP contribution in [0.4, 0.5) is 0 Å². The van der Waals surface area contributed by atoms with Gasteiger partial charge in [0.05, 0.1) is 20.3 Å². The lowest BCUT2D eigenvalue weighted by atomic mass is 9.98. The zero-order chi connectivity index (χ0) is 16.2. The van der Waals surface area contributed by atoms with Gasteiger partial charge >= 0.3 is 0 Å². The highest BCUT2D eigenvalue weighted by Gasteiger charge is 2.32. The van der Waals surface area contributed by atoms with Gasteiger partial charge in [-0.2, -0.15) is 0 Å². The summed E-state index contributed by atoms with van der Waals surface area (Å²) in [6, 6.07) is 6.51. The smallest absolute Gasteiger partial charge is 0.239 e. The number of carbonyl (C=O) groups excluding carboxylic acids is 1. The Morgan fingerprint density at radius 3 is 2.78 bits per heavy atom. The minimum absolute atomic E-state index is 0.0293. The van der Waals surface area contributed by atoms with E-state index in [9.17, 15) is 4.79 Å². The summed E-state index contributed by atoms with van der Waals surface area (Å²) in [6.07, 6.45) is 5.24. The molecule has 1 N–H and O–H groups in total. The molecule has 0 aromatic heterocycles. The molecular formula is C18H26N2O3. The SMILES string of the molecule is COc1ccc(CCN2CCC3CCCC(N3)C2=O)cc1OC. The molecule has 0 radical (unpaired) electrons. The van der Waals surface area contributed by atoms with Gasteiger partial charge in [0, 0.05) is 19.1 Å². The summed E-state index contributed by atoms with van der Waals surface area (Å²) >= 11 is 0. The van der Waals surface area contributed by atoms with Crippen LogP contribution in [0.3, 0.4) is 0 Å². The highest BCUT2D eigenvalue weighted by molar-refractivity contribution is 5.82. The van der Waals surface area contributed by atoms with E-state index >= 15 is 0 Å². The first-order valence-corrected chi connectivity index (χ1v) is 8.47. The second kappa shape index (κ2) is 7.21. The van der Waals surface area contributed by atoms with Crippen LogP contribution >= 0.6 is 0 Å². The second-order valence-electron chi connectivity index (χ2n) is 6.40. The molecule has 2 unspecified atom stereocenters. The number of piperidine rings is 1. The quantitative estimate of drug-likeness (QED) is 0.902. The fourth-order valence-electron chi connectivity index (χ4n) is 3.61. The number of hydrogen-bond donors (Lipinski definition) is 1. The Morgan fingerprint density at radius 2 is 2.00 bits per heavy atom. The standard InChI is InChI=1S/C18H26N2O3/c1-22-16-7-6-13(12-17(16)23-2)8-10-20-11-9-14-4-3-5-15(19-14)18(20)21/h6-7,12,14-15,19H,3-5,8-11H2,1-2H3. The van der Waals surface area contributed by atoms with Crippen LogP contribution in [-0.2, 0) is 11.2 Å². The van der Waals surface area contributed by atoms with E-state index in [1.165, 1.54) is 6.42 Å². The molecule has 2 bridgehead atoms. The zero-order valence-corrected chi connectivity index (χ0v) is 14.0. The lowest BCUT2D eigenvalue weighted by Gasteiger charge is -2.27. The third-order valence-electron chi connectivity index (χ3n) is 4.96. The first-order chi connectivity index (χ1) is 11.2. The third-order valence-corrected chi connectivity index (χ3v) is 4.96. The van der Waals surface area contributed by atoms with Gasteiger partial charge in [-0.05, 0) is 49.8 Å². The molecule has 1 aromatic carbocycles. The van der Waals surface area contributed by atoms with Crippen LogP contribution in [0.5, 0.6) is 11.5 Å². The molecule has 1 amide bonds. The summed E-state index contributed by atoms with van der Waals surface area (Å²) in [4.78, 5) is 14.6. The van der Waals surface area contributed by atoms with Crippen molar-refractivity contribution in [3.05, 3.63) is 23.8 Å². The van der Waals surface area contributed by atoms with E-state index < -0.39 is 0 Å². The average Bonchev–Trinajstić information content (AvgIpc) is 2.70. The number of amides is 1. The Morgan fingerprint density at radius 1 is 1.17 bits per heavy atom. The van der Waals surface area contributed by atoms with Crippen molar-refractivity contribution in [2.75, 3.05) is 27.3 Å². The summed E-state index contributed by atoms with van der Waals surface area (Å²) in [7, 11) is 3.28. The Labute approximate surface area is 137 Å². The first-order valence-electron chi connectivity index (χ1n) is 8.47. The van der Waals surface area contributed by atoms with E-state index in [0.29, 0.717) is 6.04 Å². The fraction of sp³-hybridized carbons (Fsp3) is 0.611. The van der Waals surface area contributed by atoms with Crippen LogP contribution in [-0.4, -0.2) is 50.2 Å². The lowest BCUT2D eigenvalue weighted by molar-refractivity contribution is -0.133. The Hall–Kier alpha value is -1.75. The van der Waals surface area contributed by atoms with Crippen molar-refractivity contribution in [1.82, 2.24) is 10.2 Å². The number of nitrogens with one attached hydrogen (secondary N) is 1. The van der Waals surface area contributed by atoms with Gasteiger partial charge in [0.25, 0.3) is 0 Å². The van der Waals surface area contributed by atoms with Crippen LogP contribution in [0.1, 0.15) is 31.2 Å². The summed E-state index contributed by atoms with van der Waals surface area (Å²) in [5, 5.41) is 3.50. The summed E-state index contributed by atoms with van der Waals surface area (Å²) in [6.45, 7) is 1.62. The minimum Gasteiger partial charge on any atom is -0.493 e. The number of carbonyl (C=O) groups is 1. The van der Waals surface area contributed by atoms with E-state index in [1.54, 1.807) is 14.2 Å². The molecule has 23 heavy (non-hydrogen) atoms. The number of methoxy groups -OCH3 is 2. The van der Waals surface area contributed by atoms with Gasteiger partial charge in [-0.25, -0.2) is 0 Å². The maximum absolute atomic E-state index is 12.6. The Kier molecular flexibility index (Phi) is 5.06. The van der Waals surface area contributed by atoms with Crippen molar-refractivity contribution < 1.29 is 14.3 Å². The van der Waals surface area contributed by atoms with E-state index in [1.807, 2.05) is 23.1 Å². The van der Waals surface area contributed by atoms with Gasteiger partial charge in [0.2, 0.25) is 5.91 Å². The number of rotatable bonds is 5. The predicted molar refractivity (Wildman–Crippen MR) is 89.0 cm³/mol. The number of hydrogen-bond acceptors (Lipinski definition) is 4. The fourth-order valence-corrected chi connectivity index (χ4v) is 3.61.